The quantitative estimate of drug-likeness (QED) is 0.644. The van der Waals surface area contributed by atoms with Gasteiger partial charge in [-0.25, -0.2) is 9.50 Å². The largest absolute Gasteiger partial charge is 0.433 e. The van der Waals surface area contributed by atoms with Crippen LogP contribution in [0.1, 0.15) is 41.4 Å². The highest BCUT2D eigenvalue weighted by molar-refractivity contribution is 6.02. The van der Waals surface area contributed by atoms with Gasteiger partial charge in [0.1, 0.15) is 5.56 Å². The van der Waals surface area contributed by atoms with E-state index in [0.717, 1.165) is 17.8 Å². The van der Waals surface area contributed by atoms with E-state index in [-0.39, 0.29) is 22.8 Å². The van der Waals surface area contributed by atoms with Gasteiger partial charge in [-0.3, -0.25) is 9.59 Å². The first-order valence-corrected chi connectivity index (χ1v) is 9.09. The maximum atomic E-state index is 13.7. The zero-order chi connectivity index (χ0) is 22.9. The molecule has 0 radical (unpaired) electrons. The summed E-state index contributed by atoms with van der Waals surface area (Å²) in [5, 5.41) is 14.6. The van der Waals surface area contributed by atoms with Crippen molar-refractivity contribution < 1.29 is 22.8 Å². The SMILES string of the molecule is CC(C)c1ccc(-c2cc(C(F)(F)F)n3ncc(C(=O)NC(C#N)C(N)=O)c3n2)cc1. The highest BCUT2D eigenvalue weighted by atomic mass is 19.4. The topological polar surface area (TPSA) is 126 Å². The lowest BCUT2D eigenvalue weighted by Crippen LogP contribution is -2.43. The van der Waals surface area contributed by atoms with Gasteiger partial charge in [-0.15, -0.1) is 0 Å². The van der Waals surface area contributed by atoms with Crippen molar-refractivity contribution in [1.29, 1.82) is 5.26 Å². The Morgan fingerprint density at radius 3 is 2.39 bits per heavy atom. The average Bonchev–Trinajstić information content (AvgIpc) is 3.14. The molecule has 0 bridgehead atoms. The minimum absolute atomic E-state index is 0.0172. The molecule has 1 unspecified atom stereocenters. The summed E-state index contributed by atoms with van der Waals surface area (Å²) in [7, 11) is 0. The van der Waals surface area contributed by atoms with Gasteiger partial charge in [0.2, 0.25) is 0 Å². The number of amides is 2. The molecule has 2 heterocycles. The van der Waals surface area contributed by atoms with E-state index in [4.69, 9.17) is 11.0 Å². The zero-order valence-corrected chi connectivity index (χ0v) is 16.4. The Labute approximate surface area is 174 Å². The Kier molecular flexibility index (Phi) is 5.66. The van der Waals surface area contributed by atoms with Gasteiger partial charge in [0.15, 0.2) is 17.4 Å². The summed E-state index contributed by atoms with van der Waals surface area (Å²) in [6.45, 7) is 3.97. The first-order valence-electron chi connectivity index (χ1n) is 9.09. The van der Waals surface area contributed by atoms with Crippen molar-refractivity contribution in [2.45, 2.75) is 32.0 Å². The van der Waals surface area contributed by atoms with E-state index in [0.29, 0.717) is 10.1 Å². The summed E-state index contributed by atoms with van der Waals surface area (Å²) in [6, 6.07) is 7.53. The number of nitriles is 1. The normalized spacial score (nSPS) is 12.5. The number of primary amides is 1. The number of nitrogens with two attached hydrogens (primary N) is 1. The van der Waals surface area contributed by atoms with Crippen molar-refractivity contribution in [3.05, 3.63) is 53.3 Å². The van der Waals surface area contributed by atoms with Crippen molar-refractivity contribution in [3.63, 3.8) is 0 Å². The van der Waals surface area contributed by atoms with Gasteiger partial charge in [-0.1, -0.05) is 38.1 Å². The van der Waals surface area contributed by atoms with Crippen molar-refractivity contribution >= 4 is 17.5 Å². The molecule has 3 N–H and O–H groups in total. The Hall–Kier alpha value is -3.94. The van der Waals surface area contributed by atoms with E-state index in [1.54, 1.807) is 24.3 Å². The number of fused-ring (bicyclic) bond motifs is 1. The van der Waals surface area contributed by atoms with E-state index in [2.05, 4.69) is 10.1 Å². The van der Waals surface area contributed by atoms with Crippen LogP contribution in [0.2, 0.25) is 0 Å². The predicted molar refractivity (Wildman–Crippen MR) is 104 cm³/mol. The van der Waals surface area contributed by atoms with Crippen molar-refractivity contribution in [1.82, 2.24) is 19.9 Å². The van der Waals surface area contributed by atoms with E-state index >= 15 is 0 Å². The van der Waals surface area contributed by atoms with E-state index < -0.39 is 29.7 Å². The molecule has 3 rings (SSSR count). The molecule has 1 atom stereocenters. The van der Waals surface area contributed by atoms with Crippen LogP contribution < -0.4 is 11.1 Å². The van der Waals surface area contributed by atoms with Crippen LogP contribution in [0.25, 0.3) is 16.9 Å². The number of aromatic nitrogens is 3. The fourth-order valence-electron chi connectivity index (χ4n) is 2.89. The van der Waals surface area contributed by atoms with Crippen LogP contribution in [0.15, 0.2) is 36.5 Å². The maximum Gasteiger partial charge on any atom is 0.433 e. The summed E-state index contributed by atoms with van der Waals surface area (Å²) < 4.78 is 41.5. The molecular weight excluding hydrogens is 413 g/mol. The third-order valence-electron chi connectivity index (χ3n) is 4.57. The lowest BCUT2D eigenvalue weighted by molar-refractivity contribution is -0.142. The number of hydrogen-bond acceptors (Lipinski definition) is 5. The van der Waals surface area contributed by atoms with Gasteiger partial charge in [0.25, 0.3) is 11.8 Å². The molecular formula is C20H17F3N6O2. The minimum Gasteiger partial charge on any atom is -0.367 e. The molecule has 0 aliphatic carbocycles. The molecule has 0 spiro atoms. The average molecular weight is 430 g/mol. The summed E-state index contributed by atoms with van der Waals surface area (Å²) in [4.78, 5) is 27.9. The second-order valence-electron chi connectivity index (χ2n) is 7.03. The van der Waals surface area contributed by atoms with Gasteiger partial charge >= 0.3 is 6.18 Å². The second-order valence-corrected chi connectivity index (χ2v) is 7.03. The zero-order valence-electron chi connectivity index (χ0n) is 16.4. The van der Waals surface area contributed by atoms with Gasteiger partial charge in [0, 0.05) is 5.56 Å². The highest BCUT2D eigenvalue weighted by Gasteiger charge is 2.36. The number of nitrogens with zero attached hydrogens (tertiary/aromatic N) is 4. The molecule has 2 amide bonds. The molecule has 8 nitrogen and oxygen atoms in total. The number of carbonyl (C=O) groups is 2. The number of benzene rings is 1. The smallest absolute Gasteiger partial charge is 0.367 e. The Balaban J connectivity index is 2.15. The number of halogens is 3. The third kappa shape index (κ3) is 4.32. The van der Waals surface area contributed by atoms with Crippen LogP contribution in [-0.4, -0.2) is 32.5 Å². The summed E-state index contributed by atoms with van der Waals surface area (Å²) >= 11 is 0. The molecule has 11 heteroatoms. The molecule has 160 valence electrons. The number of alkyl halides is 3. The first kappa shape index (κ1) is 21.8. The molecule has 0 saturated carbocycles. The summed E-state index contributed by atoms with van der Waals surface area (Å²) in [5.41, 5.74) is 4.56. The molecule has 0 aliphatic rings. The van der Waals surface area contributed by atoms with E-state index in [1.807, 2.05) is 19.2 Å². The standard InChI is InChI=1S/C20H17F3N6O2/c1-10(2)11-3-5-12(6-4-11)14-7-16(20(21,22)23)29-18(27-14)13(9-26-29)19(31)28-15(8-24)17(25)30/h3-7,9-10,15H,1-2H3,(H2,25,30)(H,28,31). The van der Waals surface area contributed by atoms with Crippen LogP contribution in [0.4, 0.5) is 13.2 Å². The van der Waals surface area contributed by atoms with E-state index in [1.165, 1.54) is 6.07 Å². The minimum atomic E-state index is -4.78. The van der Waals surface area contributed by atoms with Gasteiger partial charge in [-0.2, -0.15) is 23.5 Å². The lowest BCUT2D eigenvalue weighted by Gasteiger charge is -2.12. The van der Waals surface area contributed by atoms with E-state index in [9.17, 15) is 22.8 Å². The van der Waals surface area contributed by atoms with Crippen molar-refractivity contribution in [3.8, 4) is 17.3 Å². The third-order valence-corrected chi connectivity index (χ3v) is 4.57. The molecule has 1 aromatic carbocycles. The number of carbonyl (C=O) groups excluding carboxylic acids is 2. The molecule has 3 aromatic rings. The summed E-state index contributed by atoms with van der Waals surface area (Å²) in [5.74, 6) is -1.88. The van der Waals surface area contributed by atoms with Crippen LogP contribution in [-0.2, 0) is 11.0 Å². The number of nitrogens with one attached hydrogen (secondary N) is 1. The second kappa shape index (κ2) is 8.06. The van der Waals surface area contributed by atoms with Crippen molar-refractivity contribution in [2.24, 2.45) is 5.73 Å². The first-order chi connectivity index (χ1) is 14.5. The summed E-state index contributed by atoms with van der Waals surface area (Å²) in [6.07, 6.45) is -3.90. The molecule has 0 aliphatic heterocycles. The van der Waals surface area contributed by atoms with Crippen LogP contribution in [0.3, 0.4) is 0 Å². The molecule has 2 aromatic heterocycles. The van der Waals surface area contributed by atoms with Crippen LogP contribution >= 0.6 is 0 Å². The molecule has 0 fully saturated rings. The van der Waals surface area contributed by atoms with Crippen LogP contribution in [0.5, 0.6) is 0 Å². The number of rotatable bonds is 5. The lowest BCUT2D eigenvalue weighted by atomic mass is 10.0. The van der Waals surface area contributed by atoms with Gasteiger partial charge in [-0.05, 0) is 17.5 Å². The molecule has 0 saturated heterocycles. The molecule has 31 heavy (non-hydrogen) atoms. The van der Waals surface area contributed by atoms with Gasteiger partial charge < -0.3 is 11.1 Å². The highest BCUT2D eigenvalue weighted by Crippen LogP contribution is 2.33. The van der Waals surface area contributed by atoms with Crippen LogP contribution in [0, 0.1) is 11.3 Å². The Bertz CT molecular complexity index is 1190. The predicted octanol–water partition coefficient (Wildman–Crippen LogP) is 2.65. The monoisotopic (exact) mass is 430 g/mol. The fraction of sp³-hybridized carbons (Fsp3) is 0.250. The Morgan fingerprint density at radius 1 is 1.23 bits per heavy atom. The number of hydrogen-bond donors (Lipinski definition) is 2. The van der Waals surface area contributed by atoms with Crippen molar-refractivity contribution in [2.75, 3.05) is 0 Å². The fourth-order valence-corrected chi connectivity index (χ4v) is 2.89. The maximum absolute atomic E-state index is 13.7. The van der Waals surface area contributed by atoms with Gasteiger partial charge in [0.05, 0.1) is 18.0 Å². The Morgan fingerprint density at radius 2 is 1.87 bits per heavy atom.